The average Bonchev–Trinajstić information content (AvgIpc) is 3.52. The van der Waals surface area contributed by atoms with E-state index in [0.717, 1.165) is 10.6 Å². The fourth-order valence-corrected chi connectivity index (χ4v) is 6.20. The molecule has 0 saturated carbocycles. The second-order valence-electron chi connectivity index (χ2n) is 8.81. The molecule has 0 spiro atoms. The summed E-state index contributed by atoms with van der Waals surface area (Å²) >= 11 is 14.1. The molecule has 0 bridgehead atoms. The van der Waals surface area contributed by atoms with Crippen molar-refractivity contribution in [2.45, 2.75) is 32.2 Å². The first-order valence-corrected chi connectivity index (χ1v) is 13.7. The fourth-order valence-electron chi connectivity index (χ4n) is 4.75. The number of nitrogens with one attached hydrogen (secondary N) is 1. The van der Waals surface area contributed by atoms with Crippen molar-refractivity contribution in [3.63, 3.8) is 0 Å². The number of imidazole rings is 1. The highest BCUT2D eigenvalue weighted by atomic mass is 35.5. The first-order chi connectivity index (χ1) is 18.8. The van der Waals surface area contributed by atoms with Crippen molar-refractivity contribution in [1.29, 1.82) is 0 Å². The summed E-state index contributed by atoms with van der Waals surface area (Å²) < 4.78 is 6.85. The number of nitrogens with zero attached hydrogens (tertiary/aromatic N) is 4. The Morgan fingerprint density at radius 3 is 2.92 bits per heavy atom. The lowest BCUT2D eigenvalue weighted by Crippen LogP contribution is -2.30. The molecule has 2 aromatic heterocycles. The number of fused-ring (bicyclic) bond motifs is 1. The van der Waals surface area contributed by atoms with Crippen molar-refractivity contribution < 1.29 is 9.53 Å². The number of hydrogen-bond donors (Lipinski definition) is 3. The number of hydrazine groups is 1. The molecular formula is C26H25Cl2N7O3S. The second kappa shape index (κ2) is 11.3. The number of ether oxygens (including phenoxy) is 1. The SMILES string of the molecule is CCOC(=O)C1=CCC=C(c2nc(C3CCc4cc(-c5cc(Cl)ccc5N(N)/C=N\N)cc(=O)n43)[nH]c2Cl)S1. The van der Waals surface area contributed by atoms with Crippen molar-refractivity contribution in [3.8, 4) is 11.1 Å². The number of thioether (sulfide) groups is 1. The largest absolute Gasteiger partial charge is 0.462 e. The third kappa shape index (κ3) is 5.35. The van der Waals surface area contributed by atoms with Gasteiger partial charge in [-0.25, -0.2) is 15.6 Å². The van der Waals surface area contributed by atoms with Crippen LogP contribution in [0.15, 0.2) is 57.3 Å². The van der Waals surface area contributed by atoms with E-state index in [1.165, 1.54) is 23.1 Å². The van der Waals surface area contributed by atoms with Gasteiger partial charge in [-0.2, -0.15) is 5.10 Å². The number of benzene rings is 1. The molecule has 1 aromatic carbocycles. The van der Waals surface area contributed by atoms with Gasteiger partial charge in [-0.05, 0) is 56.0 Å². The van der Waals surface area contributed by atoms with Crippen LogP contribution >= 0.6 is 35.0 Å². The van der Waals surface area contributed by atoms with Crippen LogP contribution in [0.2, 0.25) is 10.2 Å². The highest BCUT2D eigenvalue weighted by Gasteiger charge is 2.30. The summed E-state index contributed by atoms with van der Waals surface area (Å²) in [5.41, 5.74) is 3.12. The molecular weight excluding hydrogens is 561 g/mol. The Morgan fingerprint density at radius 2 is 2.15 bits per heavy atom. The van der Waals surface area contributed by atoms with Crippen molar-refractivity contribution in [2.24, 2.45) is 16.8 Å². The number of nitrogens with two attached hydrogens (primary N) is 2. The number of aromatic nitrogens is 3. The number of esters is 1. The smallest absolute Gasteiger partial charge is 0.344 e. The number of carbonyl (C=O) groups excluding carboxylic acids is 1. The van der Waals surface area contributed by atoms with Crippen molar-refractivity contribution in [3.05, 3.63) is 85.1 Å². The van der Waals surface area contributed by atoms with Crippen LogP contribution in [0.1, 0.15) is 43.0 Å². The van der Waals surface area contributed by atoms with E-state index in [4.69, 9.17) is 44.6 Å². The highest BCUT2D eigenvalue weighted by molar-refractivity contribution is 8.12. The van der Waals surface area contributed by atoms with Gasteiger partial charge in [-0.15, -0.1) is 0 Å². The van der Waals surface area contributed by atoms with Gasteiger partial charge in [0.05, 0.1) is 23.2 Å². The van der Waals surface area contributed by atoms with E-state index in [1.54, 1.807) is 35.8 Å². The van der Waals surface area contributed by atoms with Crippen molar-refractivity contribution in [2.75, 3.05) is 11.6 Å². The number of aryl methyl sites for hydroxylation is 1. The number of aromatic amines is 1. The number of hydrogen-bond acceptors (Lipinski definition) is 8. The lowest BCUT2D eigenvalue weighted by molar-refractivity contribution is -0.137. The molecule has 5 rings (SSSR count). The summed E-state index contributed by atoms with van der Waals surface area (Å²) in [7, 11) is 0. The normalized spacial score (nSPS) is 16.7. The monoisotopic (exact) mass is 585 g/mol. The van der Waals surface area contributed by atoms with Crippen LogP contribution in [0, 0.1) is 0 Å². The minimum atomic E-state index is -0.372. The van der Waals surface area contributed by atoms with E-state index in [2.05, 4.69) is 10.1 Å². The van der Waals surface area contributed by atoms with Gasteiger partial charge in [-0.1, -0.05) is 47.1 Å². The van der Waals surface area contributed by atoms with Crippen LogP contribution < -0.4 is 22.3 Å². The Morgan fingerprint density at radius 1 is 1.33 bits per heavy atom. The summed E-state index contributed by atoms with van der Waals surface area (Å²) in [6.45, 7) is 2.06. The van der Waals surface area contributed by atoms with E-state index in [-0.39, 0.29) is 17.6 Å². The quantitative estimate of drug-likeness (QED) is 0.120. The van der Waals surface area contributed by atoms with Crippen LogP contribution in [0.3, 0.4) is 0 Å². The topological polar surface area (TPSA) is 145 Å². The van der Waals surface area contributed by atoms with Gasteiger partial charge >= 0.3 is 5.97 Å². The third-order valence-electron chi connectivity index (χ3n) is 6.40. The number of allylic oxidation sites excluding steroid dienone is 2. The molecule has 0 saturated heterocycles. The minimum absolute atomic E-state index is 0.195. The van der Waals surface area contributed by atoms with E-state index in [9.17, 15) is 9.59 Å². The van der Waals surface area contributed by atoms with Crippen LogP contribution in [-0.4, -0.2) is 33.4 Å². The molecule has 0 aliphatic carbocycles. The van der Waals surface area contributed by atoms with Gasteiger partial charge in [0.25, 0.3) is 5.56 Å². The number of rotatable bonds is 7. The Kier molecular flexibility index (Phi) is 7.85. The molecule has 1 atom stereocenters. The van der Waals surface area contributed by atoms with Gasteiger partial charge in [-0.3, -0.25) is 9.80 Å². The summed E-state index contributed by atoms with van der Waals surface area (Å²) in [5, 5.41) is 5.59. The first-order valence-electron chi connectivity index (χ1n) is 12.1. The molecule has 0 radical (unpaired) electrons. The van der Waals surface area contributed by atoms with Crippen LogP contribution in [0.5, 0.6) is 0 Å². The molecule has 202 valence electrons. The standard InChI is InChI=1S/C26H25Cl2N7O3S/c1-2-38-26(37)21-5-3-4-20(39-21)23-24(28)33-25(32-23)19-9-7-16-10-14(11-22(36)35(16)19)17-12-15(27)6-8-18(17)34(30)13-31-29/h4-6,8,10-13,19H,2-3,7,9,29-30H2,1H3,(H,32,33)/b31-13-. The van der Waals surface area contributed by atoms with Gasteiger partial charge < -0.3 is 20.1 Å². The molecule has 2 aliphatic rings. The van der Waals surface area contributed by atoms with E-state index < -0.39 is 0 Å². The van der Waals surface area contributed by atoms with E-state index in [1.807, 2.05) is 18.2 Å². The minimum Gasteiger partial charge on any atom is -0.462 e. The maximum absolute atomic E-state index is 13.4. The van der Waals surface area contributed by atoms with E-state index >= 15 is 0 Å². The first kappa shape index (κ1) is 27.1. The van der Waals surface area contributed by atoms with Crippen LogP contribution in [0.25, 0.3) is 16.0 Å². The average molecular weight is 587 g/mol. The lowest BCUT2D eigenvalue weighted by atomic mass is 10.0. The predicted molar refractivity (Wildman–Crippen MR) is 155 cm³/mol. The number of anilines is 1. The van der Waals surface area contributed by atoms with Crippen molar-refractivity contribution in [1.82, 2.24) is 14.5 Å². The molecule has 10 nitrogen and oxygen atoms in total. The fraction of sp³-hybridized carbons (Fsp3) is 0.231. The molecule has 2 aliphatic heterocycles. The maximum Gasteiger partial charge on any atom is 0.344 e. The number of halogens is 2. The second-order valence-corrected chi connectivity index (χ2v) is 10.7. The zero-order chi connectivity index (χ0) is 27.7. The van der Waals surface area contributed by atoms with Gasteiger partial charge in [0.2, 0.25) is 0 Å². The highest BCUT2D eigenvalue weighted by Crippen LogP contribution is 2.41. The molecule has 3 aromatic rings. The lowest BCUT2D eigenvalue weighted by Gasteiger charge is -2.18. The van der Waals surface area contributed by atoms with Gasteiger partial charge in [0.1, 0.15) is 23.0 Å². The van der Waals surface area contributed by atoms with Gasteiger partial charge in [0, 0.05) is 27.3 Å². The number of pyridine rings is 1. The molecule has 4 heterocycles. The number of carbonyl (C=O) groups is 1. The third-order valence-corrected chi connectivity index (χ3v) is 8.04. The Balaban J connectivity index is 1.46. The summed E-state index contributed by atoms with van der Waals surface area (Å²) in [4.78, 5) is 34.8. The molecule has 0 amide bonds. The Hall–Kier alpha value is -3.51. The summed E-state index contributed by atoms with van der Waals surface area (Å²) in [6.07, 6.45) is 6.92. The Labute approximate surface area is 238 Å². The molecule has 5 N–H and O–H groups in total. The van der Waals surface area contributed by atoms with Gasteiger partial charge in [0.15, 0.2) is 0 Å². The van der Waals surface area contributed by atoms with Crippen LogP contribution in [0.4, 0.5) is 5.69 Å². The van der Waals surface area contributed by atoms with Crippen LogP contribution in [-0.2, 0) is 16.0 Å². The summed E-state index contributed by atoms with van der Waals surface area (Å²) in [5.74, 6) is 11.6. The predicted octanol–water partition coefficient (Wildman–Crippen LogP) is 4.59. The number of hydrazone groups is 1. The summed E-state index contributed by atoms with van der Waals surface area (Å²) in [6, 6.07) is 8.35. The Bertz CT molecular complexity index is 1590. The number of H-pyrrole nitrogens is 1. The zero-order valence-corrected chi connectivity index (χ0v) is 23.2. The maximum atomic E-state index is 13.4. The molecule has 13 heteroatoms. The zero-order valence-electron chi connectivity index (χ0n) is 20.9. The molecule has 0 fully saturated rings. The molecule has 39 heavy (non-hydrogen) atoms. The van der Waals surface area contributed by atoms with Crippen molar-refractivity contribution >= 4 is 57.9 Å². The van der Waals surface area contributed by atoms with E-state index in [0.29, 0.717) is 69.3 Å². The molecule has 1 unspecified atom stereocenters.